The molecular weight excluding hydrogens is 540 g/mol. The molecule has 1 atom stereocenters. The highest BCUT2D eigenvalue weighted by Crippen LogP contribution is 2.37. The lowest BCUT2D eigenvalue weighted by Gasteiger charge is -2.25. The molecule has 1 aromatic heterocycles. The van der Waals surface area contributed by atoms with E-state index in [2.05, 4.69) is 17.2 Å². The van der Waals surface area contributed by atoms with E-state index in [0.29, 0.717) is 30.7 Å². The van der Waals surface area contributed by atoms with Crippen molar-refractivity contribution in [2.24, 2.45) is 5.41 Å². The number of rotatable bonds is 10. The Labute approximate surface area is 234 Å². The van der Waals surface area contributed by atoms with Crippen LogP contribution in [0.3, 0.4) is 0 Å². The number of halogens is 4. The van der Waals surface area contributed by atoms with Crippen LogP contribution >= 0.6 is 0 Å². The fraction of sp³-hybridized carbons (Fsp3) is 0.290. The quantitative estimate of drug-likeness (QED) is 0.116. The monoisotopic (exact) mass is 570 g/mol. The van der Waals surface area contributed by atoms with Crippen LogP contribution in [0.2, 0.25) is 0 Å². The van der Waals surface area contributed by atoms with Crippen molar-refractivity contribution in [2.75, 3.05) is 13.1 Å². The summed E-state index contributed by atoms with van der Waals surface area (Å²) in [5.41, 5.74) is -0.448. The number of para-hydroxylation sites is 1. The van der Waals surface area contributed by atoms with Gasteiger partial charge in [0.2, 0.25) is 5.91 Å². The standard InChI is InChI=1S/C31H30F4N2O4/c1-17(10-18-11-20(32)16-31(2,3)15-18)36-8-9-37-26(38)14-22(19-12-23(33)28(35)24(34)13-19)27-29(39)21-6-4-5-7-25(21)41-30(27)40/h4-7,11-13,15,22,36,39H,1,8-10,14,16H2,2-3H3,(H,37,38). The Morgan fingerprint density at radius 3 is 2.44 bits per heavy atom. The molecule has 6 nitrogen and oxygen atoms in total. The van der Waals surface area contributed by atoms with Gasteiger partial charge in [-0.25, -0.2) is 22.4 Å². The molecular formula is C31H30F4N2O4. The summed E-state index contributed by atoms with van der Waals surface area (Å²) in [7, 11) is 0. The van der Waals surface area contributed by atoms with Crippen molar-refractivity contribution in [1.82, 2.24) is 10.6 Å². The van der Waals surface area contributed by atoms with E-state index in [1.807, 2.05) is 19.9 Å². The van der Waals surface area contributed by atoms with Gasteiger partial charge in [-0.1, -0.05) is 38.6 Å². The van der Waals surface area contributed by atoms with Crippen LogP contribution in [0, 0.1) is 22.9 Å². The van der Waals surface area contributed by atoms with Gasteiger partial charge in [-0.05, 0) is 46.9 Å². The van der Waals surface area contributed by atoms with E-state index in [0.717, 1.165) is 5.57 Å². The Morgan fingerprint density at radius 2 is 1.76 bits per heavy atom. The van der Waals surface area contributed by atoms with Crippen molar-refractivity contribution in [2.45, 2.75) is 39.0 Å². The van der Waals surface area contributed by atoms with Gasteiger partial charge in [0.25, 0.3) is 0 Å². The third kappa shape index (κ3) is 7.06. The number of aromatic hydroxyl groups is 1. The van der Waals surface area contributed by atoms with Crippen molar-refractivity contribution < 1.29 is 31.9 Å². The largest absolute Gasteiger partial charge is 0.507 e. The van der Waals surface area contributed by atoms with Gasteiger partial charge in [0, 0.05) is 44.0 Å². The number of carbonyl (C=O) groups is 1. The first-order valence-electron chi connectivity index (χ1n) is 13.0. The average Bonchev–Trinajstić information content (AvgIpc) is 2.87. The van der Waals surface area contributed by atoms with E-state index in [-0.39, 0.29) is 46.4 Å². The maximum Gasteiger partial charge on any atom is 0.343 e. The van der Waals surface area contributed by atoms with Gasteiger partial charge >= 0.3 is 5.63 Å². The van der Waals surface area contributed by atoms with Gasteiger partial charge in [0.1, 0.15) is 17.2 Å². The average molecular weight is 571 g/mol. The Bertz CT molecular complexity index is 1600. The number of nitrogens with one attached hydrogen (secondary N) is 2. The number of benzene rings is 2. The third-order valence-corrected chi connectivity index (χ3v) is 6.75. The Morgan fingerprint density at radius 1 is 1.10 bits per heavy atom. The molecule has 1 amide bonds. The number of hydrogen-bond donors (Lipinski definition) is 3. The molecule has 1 heterocycles. The minimum absolute atomic E-state index is 0.0792. The summed E-state index contributed by atoms with van der Waals surface area (Å²) in [6.45, 7) is 8.20. The summed E-state index contributed by atoms with van der Waals surface area (Å²) in [6.07, 6.45) is 3.70. The fourth-order valence-electron chi connectivity index (χ4n) is 5.01. The maximum atomic E-state index is 14.1. The second kappa shape index (κ2) is 12.0. The molecule has 2 aromatic carbocycles. The van der Waals surface area contributed by atoms with Gasteiger partial charge < -0.3 is 20.2 Å². The predicted molar refractivity (Wildman–Crippen MR) is 147 cm³/mol. The van der Waals surface area contributed by atoms with E-state index < -0.39 is 47.1 Å². The molecule has 0 fully saturated rings. The zero-order valence-electron chi connectivity index (χ0n) is 22.6. The molecule has 3 N–H and O–H groups in total. The second-order valence-corrected chi connectivity index (χ2v) is 10.7. The highest BCUT2D eigenvalue weighted by atomic mass is 19.2. The van der Waals surface area contributed by atoms with Crippen LogP contribution in [0.25, 0.3) is 11.0 Å². The topological polar surface area (TPSA) is 91.6 Å². The Kier molecular flexibility index (Phi) is 8.70. The van der Waals surface area contributed by atoms with Crippen LogP contribution in [0.1, 0.15) is 50.2 Å². The van der Waals surface area contributed by atoms with Crippen molar-refractivity contribution in [3.63, 3.8) is 0 Å². The molecule has 216 valence electrons. The minimum Gasteiger partial charge on any atom is -0.507 e. The van der Waals surface area contributed by atoms with E-state index in [1.54, 1.807) is 12.1 Å². The zero-order chi connectivity index (χ0) is 29.9. The first-order chi connectivity index (χ1) is 19.3. The molecule has 0 bridgehead atoms. The number of allylic oxidation sites excluding steroid dienone is 4. The second-order valence-electron chi connectivity index (χ2n) is 10.7. The lowest BCUT2D eigenvalue weighted by molar-refractivity contribution is -0.121. The summed E-state index contributed by atoms with van der Waals surface area (Å²) >= 11 is 0. The number of carbonyl (C=O) groups excluding carboxylic acids is 1. The van der Waals surface area contributed by atoms with E-state index in [4.69, 9.17) is 4.42 Å². The normalized spacial score (nSPS) is 15.2. The molecule has 0 saturated carbocycles. The van der Waals surface area contributed by atoms with Crippen molar-refractivity contribution >= 4 is 16.9 Å². The lowest BCUT2D eigenvalue weighted by Crippen LogP contribution is -2.33. The van der Waals surface area contributed by atoms with Gasteiger partial charge in [-0.3, -0.25) is 4.79 Å². The van der Waals surface area contributed by atoms with Crippen molar-refractivity contribution in [1.29, 1.82) is 0 Å². The highest BCUT2D eigenvalue weighted by molar-refractivity contribution is 5.85. The zero-order valence-corrected chi connectivity index (χ0v) is 22.6. The van der Waals surface area contributed by atoms with Crippen LogP contribution in [0.5, 0.6) is 5.75 Å². The fourth-order valence-corrected chi connectivity index (χ4v) is 5.01. The molecule has 0 aliphatic heterocycles. The summed E-state index contributed by atoms with van der Waals surface area (Å²) in [4.78, 5) is 25.8. The molecule has 1 aliphatic carbocycles. The van der Waals surface area contributed by atoms with Gasteiger partial charge in [0.15, 0.2) is 17.5 Å². The molecule has 0 saturated heterocycles. The molecule has 3 aromatic rings. The lowest BCUT2D eigenvalue weighted by atomic mass is 9.82. The van der Waals surface area contributed by atoms with Crippen LogP contribution < -0.4 is 16.3 Å². The van der Waals surface area contributed by atoms with Gasteiger partial charge in [0.05, 0.1) is 10.9 Å². The number of amides is 1. The number of fused-ring (bicyclic) bond motifs is 1. The van der Waals surface area contributed by atoms with E-state index >= 15 is 0 Å². The summed E-state index contributed by atoms with van der Waals surface area (Å²) < 4.78 is 61.2. The van der Waals surface area contributed by atoms with E-state index in [1.165, 1.54) is 18.2 Å². The van der Waals surface area contributed by atoms with Crippen molar-refractivity contribution in [3.05, 3.63) is 111 Å². The first-order valence-corrected chi connectivity index (χ1v) is 13.0. The minimum atomic E-state index is -1.70. The van der Waals surface area contributed by atoms with Crippen molar-refractivity contribution in [3.8, 4) is 5.75 Å². The summed E-state index contributed by atoms with van der Waals surface area (Å²) in [6, 6.07) is 7.46. The molecule has 1 aliphatic rings. The maximum absolute atomic E-state index is 14.1. The molecule has 1 unspecified atom stereocenters. The van der Waals surface area contributed by atoms with Crippen LogP contribution in [-0.4, -0.2) is 24.1 Å². The summed E-state index contributed by atoms with van der Waals surface area (Å²) in [5.74, 6) is -7.40. The van der Waals surface area contributed by atoms with Gasteiger partial charge in [-0.2, -0.15) is 0 Å². The molecule has 0 radical (unpaired) electrons. The molecule has 10 heteroatoms. The SMILES string of the molecule is C=C(CC1=CC(C)(C)CC(F)=C1)NCCNC(=O)CC(c1cc(F)c(F)c(F)c1)c1c(O)c2ccccc2oc1=O. The summed E-state index contributed by atoms with van der Waals surface area (Å²) in [5, 5.41) is 16.8. The van der Waals surface area contributed by atoms with Crippen LogP contribution in [0.4, 0.5) is 17.6 Å². The number of hydrogen-bond acceptors (Lipinski definition) is 5. The highest BCUT2D eigenvalue weighted by Gasteiger charge is 2.29. The molecule has 41 heavy (non-hydrogen) atoms. The molecule has 0 spiro atoms. The third-order valence-electron chi connectivity index (χ3n) is 6.75. The predicted octanol–water partition coefficient (Wildman–Crippen LogP) is 6.26. The Hall–Kier alpha value is -4.34. The molecule has 4 rings (SSSR count). The van der Waals surface area contributed by atoms with Crippen LogP contribution in [-0.2, 0) is 4.79 Å². The first kappa shape index (κ1) is 29.6. The van der Waals surface area contributed by atoms with E-state index in [9.17, 15) is 32.3 Å². The smallest absolute Gasteiger partial charge is 0.343 e. The Balaban J connectivity index is 1.47. The van der Waals surface area contributed by atoms with Crippen LogP contribution in [0.15, 0.2) is 81.4 Å². The van der Waals surface area contributed by atoms with Gasteiger partial charge in [-0.15, -0.1) is 0 Å².